The van der Waals surface area contributed by atoms with E-state index in [1.54, 1.807) is 0 Å². The second-order valence-corrected chi connectivity index (χ2v) is 6.09. The minimum atomic E-state index is 0. The van der Waals surface area contributed by atoms with Gasteiger partial charge in [0.1, 0.15) is 0 Å². The van der Waals surface area contributed by atoms with Crippen molar-refractivity contribution in [2.24, 2.45) is 0 Å². The first kappa shape index (κ1) is 17.2. The zero-order chi connectivity index (χ0) is 14.0. The van der Waals surface area contributed by atoms with E-state index in [1.807, 2.05) is 32.0 Å². The molecule has 2 aromatic carbocycles. The molecule has 0 saturated carbocycles. The maximum Gasteiger partial charge on any atom is 1.00 e. The SMILES string of the molecule is Cc1ccc([P-]C(=O)c2c(C)cccc2C)c(C)c1.[Li+]. The molecule has 0 aromatic heterocycles. The molecule has 0 aliphatic heterocycles. The fourth-order valence-electron chi connectivity index (χ4n) is 2.25. The summed E-state index contributed by atoms with van der Waals surface area (Å²) in [4.78, 5) is 12.5. The molecule has 0 aliphatic carbocycles. The van der Waals surface area contributed by atoms with E-state index in [-0.39, 0.29) is 24.4 Å². The van der Waals surface area contributed by atoms with Crippen LogP contribution in [-0.2, 0) is 0 Å². The van der Waals surface area contributed by atoms with E-state index in [9.17, 15) is 4.79 Å². The Kier molecular flexibility index (Phi) is 6.22. The van der Waals surface area contributed by atoms with E-state index in [0.717, 1.165) is 30.6 Å². The summed E-state index contributed by atoms with van der Waals surface area (Å²) in [6.07, 6.45) is 0. The van der Waals surface area contributed by atoms with Gasteiger partial charge in [0, 0.05) is 5.52 Å². The molecule has 0 atom stereocenters. The number of benzene rings is 2. The molecule has 2 aromatic rings. The number of carbonyl (C=O) groups excluding carboxylic acids is 1. The Morgan fingerprint density at radius 2 is 1.50 bits per heavy atom. The molecule has 98 valence electrons. The Hall–Kier alpha value is -0.863. The summed E-state index contributed by atoms with van der Waals surface area (Å²) in [5.74, 6) is 0. The van der Waals surface area contributed by atoms with Crippen molar-refractivity contribution >= 4 is 19.4 Å². The van der Waals surface area contributed by atoms with Crippen LogP contribution in [0.25, 0.3) is 0 Å². The van der Waals surface area contributed by atoms with Gasteiger partial charge >= 0.3 is 18.9 Å². The van der Waals surface area contributed by atoms with Gasteiger partial charge in [0.25, 0.3) is 0 Å². The quantitative estimate of drug-likeness (QED) is 0.611. The molecule has 0 spiro atoms. The molecule has 0 radical (unpaired) electrons. The van der Waals surface area contributed by atoms with E-state index in [4.69, 9.17) is 0 Å². The fourth-order valence-corrected chi connectivity index (χ4v) is 3.32. The topological polar surface area (TPSA) is 17.1 Å². The molecule has 0 N–H and O–H groups in total. The minimum absolute atomic E-state index is 0. The van der Waals surface area contributed by atoms with Crippen LogP contribution >= 0.6 is 8.58 Å². The molecule has 3 heteroatoms. The summed E-state index contributed by atoms with van der Waals surface area (Å²) in [6.45, 7) is 8.13. The van der Waals surface area contributed by atoms with Gasteiger partial charge in [-0.1, -0.05) is 47.5 Å². The van der Waals surface area contributed by atoms with Crippen LogP contribution in [0, 0.1) is 27.7 Å². The molecule has 0 fully saturated rings. The van der Waals surface area contributed by atoms with Crippen molar-refractivity contribution < 1.29 is 23.7 Å². The summed E-state index contributed by atoms with van der Waals surface area (Å²) >= 11 is 0. The Labute approximate surface area is 135 Å². The molecule has 0 bridgehead atoms. The Morgan fingerprint density at radius 1 is 0.900 bits per heavy atom. The molecule has 0 saturated heterocycles. The first-order chi connectivity index (χ1) is 8.99. The van der Waals surface area contributed by atoms with Crippen LogP contribution in [0.15, 0.2) is 36.4 Å². The standard InChI is InChI=1S/C17H18OP.Li/c1-11-8-9-15(14(4)10-11)19-17(18)16-12(2)6-5-7-13(16)3;/h5-10H,1-4H3;/q-1;+1. The van der Waals surface area contributed by atoms with Crippen molar-refractivity contribution in [1.29, 1.82) is 0 Å². The molecule has 20 heavy (non-hydrogen) atoms. The van der Waals surface area contributed by atoms with Gasteiger partial charge in [0.15, 0.2) is 0 Å². The number of carbonyl (C=O) groups is 1. The molecule has 0 aliphatic rings. The first-order valence-electron chi connectivity index (χ1n) is 6.38. The molecule has 1 nitrogen and oxygen atoms in total. The van der Waals surface area contributed by atoms with Crippen LogP contribution < -0.4 is 24.2 Å². The van der Waals surface area contributed by atoms with Gasteiger partial charge in [-0.05, 0) is 44.4 Å². The van der Waals surface area contributed by atoms with Crippen molar-refractivity contribution in [3.8, 4) is 0 Å². The minimum Gasteiger partial charge on any atom is -0.426 e. The first-order valence-corrected chi connectivity index (χ1v) is 7.28. The smallest absolute Gasteiger partial charge is 0.426 e. The predicted octanol–water partition coefficient (Wildman–Crippen LogP) is 1.34. The van der Waals surface area contributed by atoms with Crippen LogP contribution in [0.2, 0.25) is 0 Å². The third kappa shape index (κ3) is 3.83. The molecular formula is C17H18LiOP. The van der Waals surface area contributed by atoms with E-state index in [0.29, 0.717) is 0 Å². The average Bonchev–Trinajstić information content (AvgIpc) is 2.32. The molecule has 0 heterocycles. The summed E-state index contributed by atoms with van der Waals surface area (Å²) in [5.41, 5.74) is 5.58. The van der Waals surface area contributed by atoms with Crippen molar-refractivity contribution in [2.45, 2.75) is 27.7 Å². The second kappa shape index (κ2) is 7.23. The number of rotatable bonds is 3. The van der Waals surface area contributed by atoms with Gasteiger partial charge in [-0.15, -0.1) is 0 Å². The van der Waals surface area contributed by atoms with E-state index in [1.165, 1.54) is 11.1 Å². The van der Waals surface area contributed by atoms with E-state index < -0.39 is 0 Å². The summed E-state index contributed by atoms with van der Waals surface area (Å²) < 4.78 is 0. The monoisotopic (exact) mass is 276 g/mol. The van der Waals surface area contributed by atoms with Crippen molar-refractivity contribution in [1.82, 2.24) is 0 Å². The third-order valence-corrected chi connectivity index (χ3v) is 4.44. The summed E-state index contributed by atoms with van der Waals surface area (Å²) in [7, 11) is 0.763. The number of hydrogen-bond acceptors (Lipinski definition) is 1. The Morgan fingerprint density at radius 3 is 2.05 bits per heavy atom. The van der Waals surface area contributed by atoms with Crippen molar-refractivity contribution in [3.05, 3.63) is 64.2 Å². The maximum atomic E-state index is 12.5. The van der Waals surface area contributed by atoms with Crippen LogP contribution in [0.3, 0.4) is 0 Å². The van der Waals surface area contributed by atoms with Crippen LogP contribution in [0.4, 0.5) is 0 Å². The van der Waals surface area contributed by atoms with Gasteiger partial charge in [-0.2, -0.15) is 5.30 Å². The average molecular weight is 276 g/mol. The number of hydrogen-bond donors (Lipinski definition) is 0. The van der Waals surface area contributed by atoms with Gasteiger partial charge in [-0.25, -0.2) is 0 Å². The summed E-state index contributed by atoms with van der Waals surface area (Å²) in [6, 6.07) is 12.2. The van der Waals surface area contributed by atoms with Gasteiger partial charge in [0.05, 0.1) is 0 Å². The number of aryl methyl sites for hydroxylation is 4. The molecular weight excluding hydrogens is 258 g/mol. The van der Waals surface area contributed by atoms with Crippen LogP contribution in [0.5, 0.6) is 0 Å². The van der Waals surface area contributed by atoms with E-state index >= 15 is 0 Å². The third-order valence-electron chi connectivity index (χ3n) is 3.27. The molecule has 2 rings (SSSR count). The predicted molar refractivity (Wildman–Crippen MR) is 82.7 cm³/mol. The largest absolute Gasteiger partial charge is 1.00 e. The normalized spacial score (nSPS) is 10.6. The van der Waals surface area contributed by atoms with E-state index in [2.05, 4.69) is 32.0 Å². The zero-order valence-electron chi connectivity index (χ0n) is 12.8. The maximum absolute atomic E-state index is 12.5. The summed E-state index contributed by atoms with van der Waals surface area (Å²) in [5, 5.41) is 1.10. The Bertz CT molecular complexity index is 615. The second-order valence-electron chi connectivity index (χ2n) is 4.97. The van der Waals surface area contributed by atoms with Crippen LogP contribution in [0.1, 0.15) is 32.6 Å². The Balaban J connectivity index is 0.00000200. The molecule has 0 amide bonds. The van der Waals surface area contributed by atoms with Crippen LogP contribution in [-0.4, -0.2) is 5.52 Å². The van der Waals surface area contributed by atoms with Crippen molar-refractivity contribution in [3.63, 3.8) is 0 Å². The fraction of sp³-hybridized carbons (Fsp3) is 0.235. The van der Waals surface area contributed by atoms with Gasteiger partial charge < -0.3 is 13.4 Å². The zero-order valence-corrected chi connectivity index (χ0v) is 13.7. The van der Waals surface area contributed by atoms with Crippen molar-refractivity contribution in [2.75, 3.05) is 0 Å². The van der Waals surface area contributed by atoms with Gasteiger partial charge in [0.2, 0.25) is 0 Å². The molecule has 0 unspecified atom stereocenters. The van der Waals surface area contributed by atoms with Gasteiger partial charge in [-0.3, -0.25) is 0 Å².